The van der Waals surface area contributed by atoms with Crippen molar-refractivity contribution < 1.29 is 13.2 Å². The van der Waals surface area contributed by atoms with Gasteiger partial charge in [-0.15, -0.1) is 0 Å². The molecule has 0 radical (unpaired) electrons. The number of benzene rings is 2. The van der Waals surface area contributed by atoms with Gasteiger partial charge in [0.1, 0.15) is 5.82 Å². The molecule has 4 aromatic rings. The molecule has 4 nitrogen and oxygen atoms in total. The quantitative estimate of drug-likeness (QED) is 0.326. The zero-order valence-corrected chi connectivity index (χ0v) is 18.4. The molecule has 164 valence electrons. The van der Waals surface area contributed by atoms with Gasteiger partial charge < -0.3 is 5.32 Å². The summed E-state index contributed by atoms with van der Waals surface area (Å²) in [6, 6.07) is 16.4. The molecule has 0 aliphatic heterocycles. The van der Waals surface area contributed by atoms with Gasteiger partial charge in [-0.3, -0.25) is 0 Å². The van der Waals surface area contributed by atoms with E-state index in [1.165, 1.54) is 29.8 Å². The van der Waals surface area contributed by atoms with Crippen LogP contribution in [0.2, 0.25) is 5.28 Å². The van der Waals surface area contributed by atoms with E-state index in [0.717, 1.165) is 11.8 Å². The minimum Gasteiger partial charge on any atom is -0.340 e. The van der Waals surface area contributed by atoms with Crippen molar-refractivity contribution in [3.63, 3.8) is 0 Å². The second kappa shape index (κ2) is 8.06. The minimum atomic E-state index is -4.50. The SMILES string of the molecule is CC(C)(C)c1ccc(Nc2nc(Cl)nc3nc(-c4ccccc4C(F)(F)F)ccc23)cc1. The van der Waals surface area contributed by atoms with E-state index in [2.05, 4.69) is 41.0 Å². The first-order chi connectivity index (χ1) is 15.0. The molecule has 32 heavy (non-hydrogen) atoms. The van der Waals surface area contributed by atoms with Gasteiger partial charge >= 0.3 is 6.18 Å². The Morgan fingerprint density at radius 3 is 2.16 bits per heavy atom. The predicted octanol–water partition coefficient (Wildman–Crippen LogP) is 7.41. The maximum Gasteiger partial charge on any atom is 0.417 e. The highest BCUT2D eigenvalue weighted by atomic mass is 35.5. The third kappa shape index (κ3) is 4.53. The molecule has 0 amide bonds. The molecule has 0 unspecified atom stereocenters. The molecule has 1 N–H and O–H groups in total. The molecule has 0 fully saturated rings. The van der Waals surface area contributed by atoms with E-state index in [9.17, 15) is 13.2 Å². The fourth-order valence-corrected chi connectivity index (χ4v) is 3.54. The molecule has 0 atom stereocenters. The fraction of sp³-hybridized carbons (Fsp3) is 0.208. The Morgan fingerprint density at radius 2 is 1.50 bits per heavy atom. The molecule has 0 aliphatic rings. The largest absolute Gasteiger partial charge is 0.417 e. The van der Waals surface area contributed by atoms with Gasteiger partial charge in [-0.25, -0.2) is 4.98 Å². The van der Waals surface area contributed by atoms with E-state index < -0.39 is 11.7 Å². The van der Waals surface area contributed by atoms with Crippen LogP contribution in [0.5, 0.6) is 0 Å². The Kier molecular flexibility index (Phi) is 5.54. The van der Waals surface area contributed by atoms with Gasteiger partial charge in [0.05, 0.1) is 16.6 Å². The number of alkyl halides is 3. The van der Waals surface area contributed by atoms with E-state index in [1.807, 2.05) is 24.3 Å². The Hall–Kier alpha value is -3.19. The summed E-state index contributed by atoms with van der Waals surface area (Å²) in [4.78, 5) is 12.7. The van der Waals surface area contributed by atoms with Crippen molar-refractivity contribution in [3.05, 3.63) is 77.1 Å². The van der Waals surface area contributed by atoms with Crippen LogP contribution in [0, 0.1) is 0 Å². The number of aromatic nitrogens is 3. The van der Waals surface area contributed by atoms with Crippen molar-refractivity contribution in [1.82, 2.24) is 15.0 Å². The number of halogens is 4. The summed E-state index contributed by atoms with van der Waals surface area (Å²) < 4.78 is 40.3. The number of hydrogen-bond acceptors (Lipinski definition) is 4. The summed E-state index contributed by atoms with van der Waals surface area (Å²) in [5.41, 5.74) is 1.57. The lowest BCUT2D eigenvalue weighted by Gasteiger charge is -2.19. The number of nitrogens with zero attached hydrogens (tertiary/aromatic N) is 3. The van der Waals surface area contributed by atoms with Gasteiger partial charge in [0.15, 0.2) is 5.65 Å². The Labute approximate surface area is 188 Å². The van der Waals surface area contributed by atoms with E-state index in [4.69, 9.17) is 11.6 Å². The molecule has 0 aliphatic carbocycles. The summed E-state index contributed by atoms with van der Waals surface area (Å²) in [6.45, 7) is 6.40. The molecule has 0 saturated carbocycles. The van der Waals surface area contributed by atoms with Crippen molar-refractivity contribution in [3.8, 4) is 11.3 Å². The number of anilines is 2. The number of hydrogen-bond donors (Lipinski definition) is 1. The van der Waals surface area contributed by atoms with Crippen LogP contribution in [-0.4, -0.2) is 15.0 Å². The zero-order valence-electron chi connectivity index (χ0n) is 17.6. The van der Waals surface area contributed by atoms with Crippen molar-refractivity contribution in [1.29, 1.82) is 0 Å². The van der Waals surface area contributed by atoms with Crippen molar-refractivity contribution in [2.24, 2.45) is 0 Å². The second-order valence-electron chi connectivity index (χ2n) is 8.40. The monoisotopic (exact) mass is 456 g/mol. The summed E-state index contributed by atoms with van der Waals surface area (Å²) >= 11 is 6.10. The van der Waals surface area contributed by atoms with E-state index in [-0.39, 0.29) is 27.6 Å². The topological polar surface area (TPSA) is 50.7 Å². The van der Waals surface area contributed by atoms with Gasteiger partial charge in [-0.2, -0.15) is 23.1 Å². The lowest BCUT2D eigenvalue weighted by Crippen LogP contribution is -2.10. The highest BCUT2D eigenvalue weighted by Crippen LogP contribution is 2.37. The van der Waals surface area contributed by atoms with E-state index in [1.54, 1.807) is 6.07 Å². The lowest BCUT2D eigenvalue weighted by molar-refractivity contribution is -0.137. The average Bonchev–Trinajstić information content (AvgIpc) is 2.72. The second-order valence-corrected chi connectivity index (χ2v) is 8.74. The van der Waals surface area contributed by atoms with Gasteiger partial charge in [-0.1, -0.05) is 51.1 Å². The van der Waals surface area contributed by atoms with Gasteiger partial charge in [-0.05, 0) is 52.9 Å². The van der Waals surface area contributed by atoms with Crippen LogP contribution in [0.4, 0.5) is 24.7 Å². The standard InChI is InChI=1S/C24H20ClF3N4/c1-23(2,3)14-8-10-15(11-9-14)29-20-17-12-13-19(30-21(17)32-22(25)31-20)16-6-4-5-7-18(16)24(26,27)28/h4-13H,1-3H3,(H,29,30,31,32). The predicted molar refractivity (Wildman–Crippen MR) is 121 cm³/mol. The lowest BCUT2D eigenvalue weighted by atomic mass is 9.87. The first-order valence-corrected chi connectivity index (χ1v) is 10.3. The first-order valence-electron chi connectivity index (χ1n) is 9.91. The number of pyridine rings is 1. The molecule has 0 bridgehead atoms. The first kappa shape index (κ1) is 22.0. The number of nitrogens with one attached hydrogen (secondary N) is 1. The number of rotatable bonds is 3. The zero-order chi connectivity index (χ0) is 23.1. The highest BCUT2D eigenvalue weighted by Gasteiger charge is 2.33. The van der Waals surface area contributed by atoms with Crippen LogP contribution in [0.3, 0.4) is 0 Å². The summed E-state index contributed by atoms with van der Waals surface area (Å²) in [5.74, 6) is 0.423. The smallest absolute Gasteiger partial charge is 0.340 e. The average molecular weight is 457 g/mol. The number of fused-ring (bicyclic) bond motifs is 1. The Morgan fingerprint density at radius 1 is 0.812 bits per heavy atom. The Balaban J connectivity index is 1.75. The van der Waals surface area contributed by atoms with Gasteiger partial charge in [0.2, 0.25) is 5.28 Å². The summed E-state index contributed by atoms with van der Waals surface area (Å²) in [7, 11) is 0. The molecule has 0 saturated heterocycles. The molecular weight excluding hydrogens is 437 g/mol. The maximum atomic E-state index is 13.4. The highest BCUT2D eigenvalue weighted by molar-refractivity contribution is 6.28. The van der Waals surface area contributed by atoms with E-state index in [0.29, 0.717) is 11.2 Å². The van der Waals surface area contributed by atoms with Crippen LogP contribution in [0.25, 0.3) is 22.3 Å². The van der Waals surface area contributed by atoms with Crippen LogP contribution in [-0.2, 0) is 11.6 Å². The Bertz CT molecular complexity index is 1280. The normalized spacial score (nSPS) is 12.2. The molecule has 2 aromatic carbocycles. The molecule has 2 heterocycles. The van der Waals surface area contributed by atoms with Crippen LogP contribution in [0.15, 0.2) is 60.7 Å². The van der Waals surface area contributed by atoms with Gasteiger partial charge in [0, 0.05) is 11.3 Å². The molecule has 0 spiro atoms. The molecule has 8 heteroatoms. The minimum absolute atomic E-state index is 0.0242. The van der Waals surface area contributed by atoms with Crippen molar-refractivity contribution >= 4 is 34.1 Å². The van der Waals surface area contributed by atoms with Crippen LogP contribution in [0.1, 0.15) is 31.9 Å². The van der Waals surface area contributed by atoms with Gasteiger partial charge in [0.25, 0.3) is 0 Å². The molecule has 2 aromatic heterocycles. The third-order valence-corrected chi connectivity index (χ3v) is 5.22. The van der Waals surface area contributed by atoms with E-state index >= 15 is 0 Å². The maximum absolute atomic E-state index is 13.4. The van der Waals surface area contributed by atoms with Crippen molar-refractivity contribution in [2.45, 2.75) is 32.4 Å². The van der Waals surface area contributed by atoms with Crippen LogP contribution >= 0.6 is 11.6 Å². The molecular formula is C24H20ClF3N4. The third-order valence-electron chi connectivity index (χ3n) is 5.05. The van der Waals surface area contributed by atoms with Crippen molar-refractivity contribution in [2.75, 3.05) is 5.32 Å². The summed E-state index contributed by atoms with van der Waals surface area (Å²) in [5, 5.41) is 3.69. The van der Waals surface area contributed by atoms with Crippen LogP contribution < -0.4 is 5.32 Å². The fourth-order valence-electron chi connectivity index (χ4n) is 3.37. The summed E-state index contributed by atoms with van der Waals surface area (Å²) in [6.07, 6.45) is -4.50. The molecule has 4 rings (SSSR count).